The van der Waals surface area contributed by atoms with E-state index < -0.39 is 0 Å². The Morgan fingerprint density at radius 2 is 1.87 bits per heavy atom. The fourth-order valence-electron chi connectivity index (χ4n) is 2.36. The third-order valence-electron chi connectivity index (χ3n) is 3.40. The fourth-order valence-corrected chi connectivity index (χ4v) is 4.37. The molecule has 0 saturated carbocycles. The van der Waals surface area contributed by atoms with E-state index in [4.69, 9.17) is 4.74 Å². The van der Waals surface area contributed by atoms with Gasteiger partial charge in [-0.25, -0.2) is 0 Å². The first-order valence-electron chi connectivity index (χ1n) is 7.05. The lowest BCUT2D eigenvalue weighted by atomic mass is 10.1. The highest BCUT2D eigenvalue weighted by atomic mass is 28.2. The molecular formula is C13H28OSi. The molecule has 0 aromatic carbocycles. The molecular weight excluding hydrogens is 200 g/mol. The van der Waals surface area contributed by atoms with Gasteiger partial charge in [0.1, 0.15) is 0 Å². The van der Waals surface area contributed by atoms with E-state index in [-0.39, 0.29) is 9.52 Å². The van der Waals surface area contributed by atoms with Crippen LogP contribution in [0.25, 0.3) is 0 Å². The van der Waals surface area contributed by atoms with Crippen LogP contribution in [0.1, 0.15) is 64.7 Å². The van der Waals surface area contributed by atoms with E-state index in [2.05, 4.69) is 6.92 Å². The van der Waals surface area contributed by atoms with Crippen molar-refractivity contribution >= 4 is 9.52 Å². The summed E-state index contributed by atoms with van der Waals surface area (Å²) in [7, 11) is 0.104. The Morgan fingerprint density at radius 3 is 2.60 bits per heavy atom. The van der Waals surface area contributed by atoms with Crippen LogP contribution in [0.3, 0.4) is 0 Å². The van der Waals surface area contributed by atoms with Crippen LogP contribution >= 0.6 is 0 Å². The average Bonchev–Trinajstić information content (AvgIpc) is 2.29. The van der Waals surface area contributed by atoms with Crippen LogP contribution in [-0.2, 0) is 4.74 Å². The van der Waals surface area contributed by atoms with Gasteiger partial charge in [0.25, 0.3) is 0 Å². The molecule has 0 spiro atoms. The van der Waals surface area contributed by atoms with Gasteiger partial charge in [0.05, 0.1) is 9.52 Å². The first-order valence-corrected chi connectivity index (χ1v) is 8.86. The standard InChI is InChI=1S/C13H28OSi/c1-2-3-4-5-6-9-12-15-13-10-7-8-11-14-13/h13H,2-12,15H2,1H3. The molecule has 0 bridgehead atoms. The zero-order chi connectivity index (χ0) is 10.8. The summed E-state index contributed by atoms with van der Waals surface area (Å²) >= 11 is 0. The van der Waals surface area contributed by atoms with Crippen LogP contribution in [0.15, 0.2) is 0 Å². The fraction of sp³-hybridized carbons (Fsp3) is 1.00. The van der Waals surface area contributed by atoms with Crippen LogP contribution in [0.4, 0.5) is 0 Å². The lowest BCUT2D eigenvalue weighted by Crippen LogP contribution is -2.25. The summed E-state index contributed by atoms with van der Waals surface area (Å²) in [4.78, 5) is 0. The minimum absolute atomic E-state index is 0.104. The smallest absolute Gasteiger partial charge is 0.0555 e. The highest BCUT2D eigenvalue weighted by molar-refractivity contribution is 6.37. The second kappa shape index (κ2) is 9.41. The second-order valence-electron chi connectivity index (χ2n) is 4.90. The van der Waals surface area contributed by atoms with Crippen molar-refractivity contribution in [3.63, 3.8) is 0 Å². The zero-order valence-corrected chi connectivity index (χ0v) is 11.9. The van der Waals surface area contributed by atoms with Crippen LogP contribution < -0.4 is 0 Å². The highest BCUT2D eigenvalue weighted by Crippen LogP contribution is 2.14. The minimum Gasteiger partial charge on any atom is -0.382 e. The summed E-state index contributed by atoms with van der Waals surface area (Å²) in [6.07, 6.45) is 12.8. The van der Waals surface area contributed by atoms with Crippen LogP contribution in [0.2, 0.25) is 6.04 Å². The minimum atomic E-state index is 0.104. The van der Waals surface area contributed by atoms with Crippen molar-refractivity contribution in [3.05, 3.63) is 0 Å². The maximum atomic E-state index is 5.78. The summed E-state index contributed by atoms with van der Waals surface area (Å²) in [6, 6.07) is 1.52. The van der Waals surface area contributed by atoms with Crippen molar-refractivity contribution in [3.8, 4) is 0 Å². The second-order valence-corrected chi connectivity index (χ2v) is 7.09. The Bertz CT molecular complexity index is 132. The summed E-state index contributed by atoms with van der Waals surface area (Å²) in [5.74, 6) is 0. The molecule has 1 nitrogen and oxygen atoms in total. The van der Waals surface area contributed by atoms with E-state index >= 15 is 0 Å². The molecule has 1 unspecified atom stereocenters. The monoisotopic (exact) mass is 228 g/mol. The maximum absolute atomic E-state index is 5.78. The average molecular weight is 228 g/mol. The van der Waals surface area contributed by atoms with Gasteiger partial charge in [-0.1, -0.05) is 51.5 Å². The van der Waals surface area contributed by atoms with Crippen LogP contribution in [-0.4, -0.2) is 21.9 Å². The summed E-state index contributed by atoms with van der Waals surface area (Å²) in [6.45, 7) is 3.33. The molecule has 1 aliphatic heterocycles. The maximum Gasteiger partial charge on any atom is 0.0555 e. The van der Waals surface area contributed by atoms with E-state index in [0.717, 1.165) is 12.3 Å². The molecule has 1 fully saturated rings. The largest absolute Gasteiger partial charge is 0.382 e. The molecule has 1 saturated heterocycles. The number of hydrogen-bond donors (Lipinski definition) is 0. The van der Waals surface area contributed by atoms with E-state index in [1.807, 2.05) is 0 Å². The predicted molar refractivity (Wildman–Crippen MR) is 70.3 cm³/mol. The van der Waals surface area contributed by atoms with E-state index in [1.54, 1.807) is 0 Å². The molecule has 1 heterocycles. The predicted octanol–water partition coefficient (Wildman–Crippen LogP) is 3.46. The lowest BCUT2D eigenvalue weighted by Gasteiger charge is -2.22. The van der Waals surface area contributed by atoms with Crippen molar-refractivity contribution < 1.29 is 4.74 Å². The molecule has 15 heavy (non-hydrogen) atoms. The molecule has 0 aromatic heterocycles. The molecule has 0 aliphatic carbocycles. The van der Waals surface area contributed by atoms with Gasteiger partial charge in [-0.3, -0.25) is 0 Å². The third-order valence-corrected chi connectivity index (χ3v) is 5.60. The summed E-state index contributed by atoms with van der Waals surface area (Å²) in [5, 5.41) is 0. The normalized spacial score (nSPS) is 22.6. The SMILES string of the molecule is CCCCCCCC[SiH2]C1CCCCO1. The van der Waals surface area contributed by atoms with Gasteiger partial charge in [-0.2, -0.15) is 0 Å². The van der Waals surface area contributed by atoms with Gasteiger partial charge in [0.15, 0.2) is 0 Å². The van der Waals surface area contributed by atoms with Crippen molar-refractivity contribution in [2.45, 2.75) is 76.5 Å². The Morgan fingerprint density at radius 1 is 1.07 bits per heavy atom. The molecule has 1 atom stereocenters. The molecule has 1 rings (SSSR count). The van der Waals surface area contributed by atoms with E-state index in [0.29, 0.717) is 0 Å². The van der Waals surface area contributed by atoms with E-state index in [1.165, 1.54) is 63.8 Å². The molecule has 0 amide bonds. The highest BCUT2D eigenvalue weighted by Gasteiger charge is 2.12. The van der Waals surface area contributed by atoms with Gasteiger partial charge in [-0.15, -0.1) is 0 Å². The Balaban J connectivity index is 1.79. The third kappa shape index (κ3) is 7.12. The Kier molecular flexibility index (Phi) is 8.30. The summed E-state index contributed by atoms with van der Waals surface area (Å²) in [5.41, 5.74) is 0.745. The molecule has 90 valence electrons. The van der Waals surface area contributed by atoms with Crippen molar-refractivity contribution in [1.29, 1.82) is 0 Å². The lowest BCUT2D eigenvalue weighted by molar-refractivity contribution is 0.0649. The zero-order valence-electron chi connectivity index (χ0n) is 10.5. The van der Waals surface area contributed by atoms with Gasteiger partial charge < -0.3 is 4.74 Å². The van der Waals surface area contributed by atoms with Crippen LogP contribution in [0, 0.1) is 0 Å². The van der Waals surface area contributed by atoms with Crippen LogP contribution in [0.5, 0.6) is 0 Å². The number of ether oxygens (including phenoxy) is 1. The molecule has 2 heteroatoms. The van der Waals surface area contributed by atoms with Crippen molar-refractivity contribution in [2.24, 2.45) is 0 Å². The quantitative estimate of drug-likeness (QED) is 0.457. The van der Waals surface area contributed by atoms with Gasteiger partial charge in [0.2, 0.25) is 0 Å². The van der Waals surface area contributed by atoms with Gasteiger partial charge in [-0.05, 0) is 19.3 Å². The number of rotatable bonds is 8. The number of unbranched alkanes of at least 4 members (excludes halogenated alkanes) is 5. The number of hydrogen-bond acceptors (Lipinski definition) is 1. The topological polar surface area (TPSA) is 9.23 Å². The van der Waals surface area contributed by atoms with Gasteiger partial charge >= 0.3 is 0 Å². The molecule has 0 radical (unpaired) electrons. The Hall–Kier alpha value is 0.177. The molecule has 0 aromatic rings. The first-order chi connectivity index (χ1) is 7.43. The van der Waals surface area contributed by atoms with Crippen molar-refractivity contribution in [2.75, 3.05) is 6.61 Å². The first kappa shape index (κ1) is 13.2. The Labute approximate surface area is 97.8 Å². The van der Waals surface area contributed by atoms with E-state index in [9.17, 15) is 0 Å². The van der Waals surface area contributed by atoms with Crippen molar-refractivity contribution in [1.82, 2.24) is 0 Å². The molecule has 0 N–H and O–H groups in total. The molecule has 1 aliphatic rings. The van der Waals surface area contributed by atoms with Gasteiger partial charge in [0, 0.05) is 12.3 Å². The summed E-state index contributed by atoms with van der Waals surface area (Å²) < 4.78 is 5.78.